The van der Waals surface area contributed by atoms with Gasteiger partial charge in [0.2, 0.25) is 0 Å². The molecule has 2 aromatic heterocycles. The van der Waals surface area contributed by atoms with Crippen LogP contribution in [-0.2, 0) is 5.60 Å². The largest absolute Gasteiger partial charge is 0.385 e. The van der Waals surface area contributed by atoms with Gasteiger partial charge in [0.1, 0.15) is 18.0 Å². The fraction of sp³-hybridized carbons (Fsp3) is 0.179. The molecule has 0 spiro atoms. The van der Waals surface area contributed by atoms with Crippen molar-refractivity contribution in [1.82, 2.24) is 19.5 Å². The van der Waals surface area contributed by atoms with Crippen LogP contribution < -0.4 is 4.90 Å². The van der Waals surface area contributed by atoms with Gasteiger partial charge in [0.15, 0.2) is 17.0 Å². The second kappa shape index (κ2) is 9.41. The number of aliphatic hydroxyl groups is 1. The molecule has 1 N–H and O–H groups in total. The van der Waals surface area contributed by atoms with Crippen molar-refractivity contribution in [3.63, 3.8) is 0 Å². The summed E-state index contributed by atoms with van der Waals surface area (Å²) in [5.74, 6) is 1.01. The van der Waals surface area contributed by atoms with Crippen LogP contribution in [0.2, 0.25) is 10.0 Å². The van der Waals surface area contributed by atoms with Crippen LogP contribution >= 0.6 is 23.2 Å². The molecule has 186 valence electrons. The Hall–Kier alpha value is -3.52. The smallest absolute Gasteiger partial charge is 0.170 e. The van der Waals surface area contributed by atoms with Crippen LogP contribution in [0.4, 0.5) is 10.2 Å². The van der Waals surface area contributed by atoms with Crippen molar-refractivity contribution < 1.29 is 9.50 Å². The van der Waals surface area contributed by atoms with E-state index >= 15 is 0 Å². The van der Waals surface area contributed by atoms with Crippen LogP contribution in [0.3, 0.4) is 0 Å². The van der Waals surface area contributed by atoms with Crippen molar-refractivity contribution in [2.75, 3.05) is 18.0 Å². The van der Waals surface area contributed by atoms with Crippen LogP contribution in [0, 0.1) is 5.82 Å². The average Bonchev–Trinajstić information content (AvgIpc) is 3.30. The van der Waals surface area contributed by atoms with E-state index in [1.807, 2.05) is 53.1 Å². The van der Waals surface area contributed by atoms with Crippen molar-refractivity contribution in [3.8, 4) is 17.1 Å². The Kier molecular flexibility index (Phi) is 6.07. The lowest BCUT2D eigenvalue weighted by Gasteiger charge is -2.39. The van der Waals surface area contributed by atoms with Gasteiger partial charge in [-0.2, -0.15) is 0 Å². The third kappa shape index (κ3) is 4.33. The summed E-state index contributed by atoms with van der Waals surface area (Å²) in [7, 11) is 0. The number of nitrogens with zero attached hydrogens (tertiary/aromatic N) is 5. The van der Waals surface area contributed by atoms with Crippen molar-refractivity contribution in [2.45, 2.75) is 18.4 Å². The second-order valence-corrected chi connectivity index (χ2v) is 9.97. The molecule has 1 aliphatic rings. The van der Waals surface area contributed by atoms with Crippen molar-refractivity contribution in [2.24, 2.45) is 0 Å². The fourth-order valence-corrected chi connectivity index (χ4v) is 5.25. The van der Waals surface area contributed by atoms with E-state index in [-0.39, 0.29) is 5.82 Å². The van der Waals surface area contributed by atoms with Crippen molar-refractivity contribution in [1.29, 1.82) is 0 Å². The van der Waals surface area contributed by atoms with Crippen LogP contribution in [0.5, 0.6) is 0 Å². The summed E-state index contributed by atoms with van der Waals surface area (Å²) in [6.45, 7) is 1.10. The maximum atomic E-state index is 13.4. The summed E-state index contributed by atoms with van der Waals surface area (Å²) in [5.41, 5.74) is 2.58. The topological polar surface area (TPSA) is 67.1 Å². The van der Waals surface area contributed by atoms with Gasteiger partial charge < -0.3 is 10.0 Å². The highest BCUT2D eigenvalue weighted by molar-refractivity contribution is 6.33. The Morgan fingerprint density at radius 1 is 0.865 bits per heavy atom. The highest BCUT2D eigenvalue weighted by atomic mass is 35.5. The Morgan fingerprint density at radius 3 is 2.27 bits per heavy atom. The molecule has 1 saturated heterocycles. The molecule has 3 heterocycles. The maximum Gasteiger partial charge on any atom is 0.170 e. The molecular weight excluding hydrogens is 512 g/mol. The predicted octanol–water partition coefficient (Wildman–Crippen LogP) is 6.42. The van der Waals surface area contributed by atoms with E-state index in [1.165, 1.54) is 18.5 Å². The van der Waals surface area contributed by atoms with E-state index in [0.717, 1.165) is 16.8 Å². The van der Waals surface area contributed by atoms with Crippen LogP contribution in [0.1, 0.15) is 18.4 Å². The minimum Gasteiger partial charge on any atom is -0.385 e. The normalized spacial score (nSPS) is 15.3. The predicted molar refractivity (Wildman–Crippen MR) is 144 cm³/mol. The molecule has 0 bridgehead atoms. The minimum absolute atomic E-state index is 0.321. The molecule has 0 radical (unpaired) electrons. The molecule has 3 aromatic carbocycles. The van der Waals surface area contributed by atoms with E-state index in [0.29, 0.717) is 58.8 Å². The summed E-state index contributed by atoms with van der Waals surface area (Å²) >= 11 is 12.7. The summed E-state index contributed by atoms with van der Waals surface area (Å²) in [5, 5.41) is 12.5. The highest BCUT2D eigenvalue weighted by Gasteiger charge is 2.35. The lowest BCUT2D eigenvalue weighted by atomic mass is 9.84. The number of anilines is 1. The molecule has 5 aromatic rings. The van der Waals surface area contributed by atoms with Gasteiger partial charge in [0, 0.05) is 29.4 Å². The van der Waals surface area contributed by atoms with Gasteiger partial charge in [-0.15, -0.1) is 0 Å². The summed E-state index contributed by atoms with van der Waals surface area (Å²) in [4.78, 5) is 16.3. The molecule has 0 amide bonds. The zero-order chi connectivity index (χ0) is 25.6. The van der Waals surface area contributed by atoms with E-state index in [2.05, 4.69) is 14.9 Å². The molecule has 6 nitrogen and oxygen atoms in total. The molecule has 0 saturated carbocycles. The first-order chi connectivity index (χ1) is 17.9. The molecule has 0 atom stereocenters. The number of hydrogen-bond acceptors (Lipinski definition) is 5. The number of benzene rings is 3. The molecular formula is C28H22Cl2FN5O. The fourth-order valence-electron chi connectivity index (χ4n) is 4.91. The number of halogens is 3. The van der Waals surface area contributed by atoms with Crippen molar-refractivity contribution >= 4 is 40.2 Å². The monoisotopic (exact) mass is 533 g/mol. The van der Waals surface area contributed by atoms with E-state index in [4.69, 9.17) is 28.2 Å². The Bertz CT molecular complexity index is 1580. The number of hydrogen-bond donors (Lipinski definition) is 1. The second-order valence-electron chi connectivity index (χ2n) is 9.12. The molecule has 1 fully saturated rings. The Balaban J connectivity index is 1.43. The highest BCUT2D eigenvalue weighted by Crippen LogP contribution is 2.38. The lowest BCUT2D eigenvalue weighted by Crippen LogP contribution is -2.43. The molecule has 1 aliphatic heterocycles. The molecule has 0 unspecified atom stereocenters. The van der Waals surface area contributed by atoms with Crippen LogP contribution in [0.25, 0.3) is 28.2 Å². The van der Waals surface area contributed by atoms with Crippen LogP contribution in [-0.4, -0.2) is 37.7 Å². The van der Waals surface area contributed by atoms with Gasteiger partial charge in [-0.3, -0.25) is 4.57 Å². The number of fused-ring (bicyclic) bond motifs is 1. The quantitative estimate of drug-likeness (QED) is 0.289. The van der Waals surface area contributed by atoms with Gasteiger partial charge in [0.05, 0.1) is 10.6 Å². The molecule has 6 rings (SSSR count). The first kappa shape index (κ1) is 23.9. The lowest BCUT2D eigenvalue weighted by molar-refractivity contribution is 0.0116. The van der Waals surface area contributed by atoms with Crippen molar-refractivity contribution in [3.05, 3.63) is 101 Å². The minimum atomic E-state index is -1.03. The average molecular weight is 534 g/mol. The molecule has 0 aliphatic carbocycles. The van der Waals surface area contributed by atoms with E-state index in [1.54, 1.807) is 12.1 Å². The first-order valence-electron chi connectivity index (χ1n) is 11.9. The Morgan fingerprint density at radius 2 is 1.57 bits per heavy atom. The first-order valence-corrected chi connectivity index (χ1v) is 12.7. The molecule has 37 heavy (non-hydrogen) atoms. The van der Waals surface area contributed by atoms with Crippen LogP contribution in [0.15, 0.2) is 79.1 Å². The number of piperidine rings is 1. The number of imidazole rings is 1. The summed E-state index contributed by atoms with van der Waals surface area (Å²) in [6.07, 6.45) is 2.47. The van der Waals surface area contributed by atoms with Gasteiger partial charge in [-0.05, 0) is 66.9 Å². The number of rotatable bonds is 4. The van der Waals surface area contributed by atoms with Gasteiger partial charge in [-0.25, -0.2) is 19.3 Å². The zero-order valence-corrected chi connectivity index (χ0v) is 21.2. The number of aromatic nitrogens is 4. The molecule has 9 heteroatoms. The SMILES string of the molecule is OC1(c2ccc(F)cc2)CCN(c2ncnc3c2nc(-c2ccccc2Cl)n3-c2ccc(Cl)cc2)CC1. The zero-order valence-electron chi connectivity index (χ0n) is 19.7. The van der Waals surface area contributed by atoms with Gasteiger partial charge in [-0.1, -0.05) is 47.5 Å². The summed E-state index contributed by atoms with van der Waals surface area (Å²) in [6, 6.07) is 21.1. The van der Waals surface area contributed by atoms with Gasteiger partial charge >= 0.3 is 0 Å². The maximum absolute atomic E-state index is 13.4. The van der Waals surface area contributed by atoms with Gasteiger partial charge in [0.25, 0.3) is 0 Å². The van der Waals surface area contributed by atoms with E-state index in [9.17, 15) is 9.50 Å². The standard InChI is InChI=1S/C28H22Cl2FN5O/c29-19-7-11-21(12-8-19)36-25(22-3-1-2-4-23(22)30)34-24-26(32-17-33-27(24)36)35-15-13-28(37,14-16-35)18-5-9-20(31)10-6-18/h1-12,17,37H,13-16H2. The third-order valence-corrected chi connectivity index (χ3v) is 7.48. The Labute approximate surface area is 223 Å². The summed E-state index contributed by atoms with van der Waals surface area (Å²) < 4.78 is 15.4. The van der Waals surface area contributed by atoms with E-state index < -0.39 is 5.60 Å². The third-order valence-electron chi connectivity index (χ3n) is 6.90.